The van der Waals surface area contributed by atoms with E-state index in [1.807, 2.05) is 6.07 Å². The molecule has 0 radical (unpaired) electrons. The quantitative estimate of drug-likeness (QED) is 0.824. The highest BCUT2D eigenvalue weighted by atomic mass is 19.1. The summed E-state index contributed by atoms with van der Waals surface area (Å²) in [7, 11) is 0. The van der Waals surface area contributed by atoms with Crippen LogP contribution in [0, 0.1) is 0 Å². The molecule has 1 aromatic carbocycles. The summed E-state index contributed by atoms with van der Waals surface area (Å²) >= 11 is 0. The van der Waals surface area contributed by atoms with Crippen molar-refractivity contribution < 1.29 is 9.50 Å². The lowest BCUT2D eigenvalue weighted by Crippen LogP contribution is -2.42. The number of phenolic OH excluding ortho intramolecular Hbond substituents is 1. The van der Waals surface area contributed by atoms with Crippen LogP contribution in [0.2, 0.25) is 0 Å². The van der Waals surface area contributed by atoms with E-state index in [1.165, 1.54) is 0 Å². The first-order chi connectivity index (χ1) is 7.77. The van der Waals surface area contributed by atoms with E-state index in [9.17, 15) is 9.50 Å². The van der Waals surface area contributed by atoms with E-state index in [0.29, 0.717) is 12.0 Å². The van der Waals surface area contributed by atoms with Gasteiger partial charge in [-0.2, -0.15) is 0 Å². The van der Waals surface area contributed by atoms with Gasteiger partial charge in [-0.1, -0.05) is 24.6 Å². The van der Waals surface area contributed by atoms with Crippen LogP contribution in [-0.4, -0.2) is 23.9 Å². The van der Waals surface area contributed by atoms with Crippen LogP contribution < -0.4 is 5.32 Å². The first-order valence-corrected chi connectivity index (χ1v) is 5.91. The molecule has 2 atom stereocenters. The third kappa shape index (κ3) is 2.73. The number of alkyl halides is 1. The number of nitrogens with one attached hydrogen (secondary N) is 1. The summed E-state index contributed by atoms with van der Waals surface area (Å²) in [4.78, 5) is 0. The van der Waals surface area contributed by atoms with Gasteiger partial charge in [0.25, 0.3) is 0 Å². The number of rotatable bonds is 3. The molecule has 3 heteroatoms. The number of hydrogen-bond donors (Lipinski definition) is 2. The summed E-state index contributed by atoms with van der Waals surface area (Å²) in [5.41, 5.74) is 0.697. The fraction of sp³-hybridized carbons (Fsp3) is 0.538. The molecular formula is C13H18FNO. The monoisotopic (exact) mass is 223 g/mol. The summed E-state index contributed by atoms with van der Waals surface area (Å²) < 4.78 is 14.0. The van der Waals surface area contributed by atoms with E-state index in [1.54, 1.807) is 18.2 Å². The molecule has 0 saturated carbocycles. The average Bonchev–Trinajstić information content (AvgIpc) is 2.33. The number of hydrogen-bond acceptors (Lipinski definition) is 2. The van der Waals surface area contributed by atoms with Gasteiger partial charge in [0.15, 0.2) is 0 Å². The highest BCUT2D eigenvalue weighted by Gasteiger charge is 2.23. The Hall–Kier alpha value is -1.09. The normalized spacial score (nSPS) is 22.9. The molecule has 2 rings (SSSR count). The average molecular weight is 223 g/mol. The molecule has 0 aliphatic carbocycles. The zero-order valence-corrected chi connectivity index (χ0v) is 9.32. The minimum Gasteiger partial charge on any atom is -0.508 e. The van der Waals surface area contributed by atoms with E-state index < -0.39 is 6.17 Å². The largest absolute Gasteiger partial charge is 0.508 e. The number of phenols is 1. The van der Waals surface area contributed by atoms with Gasteiger partial charge in [-0.05, 0) is 31.0 Å². The van der Waals surface area contributed by atoms with Crippen LogP contribution in [0.5, 0.6) is 5.75 Å². The molecule has 2 unspecified atom stereocenters. The maximum atomic E-state index is 14.0. The van der Waals surface area contributed by atoms with Crippen molar-refractivity contribution in [2.75, 3.05) is 6.54 Å². The molecule has 16 heavy (non-hydrogen) atoms. The number of halogens is 1. The zero-order valence-electron chi connectivity index (χ0n) is 9.32. The van der Waals surface area contributed by atoms with Gasteiger partial charge < -0.3 is 10.4 Å². The van der Waals surface area contributed by atoms with E-state index in [-0.39, 0.29) is 11.8 Å². The number of aromatic hydroxyl groups is 1. The van der Waals surface area contributed by atoms with Crippen molar-refractivity contribution in [1.82, 2.24) is 5.32 Å². The van der Waals surface area contributed by atoms with Crippen LogP contribution in [0.1, 0.15) is 24.8 Å². The molecular weight excluding hydrogens is 205 g/mol. The van der Waals surface area contributed by atoms with E-state index >= 15 is 0 Å². The van der Waals surface area contributed by atoms with Crippen LogP contribution >= 0.6 is 0 Å². The molecule has 0 aromatic heterocycles. The fourth-order valence-electron chi connectivity index (χ4n) is 2.22. The maximum Gasteiger partial charge on any atom is 0.119 e. The molecule has 1 heterocycles. The lowest BCUT2D eigenvalue weighted by molar-refractivity contribution is 0.216. The third-order valence-electron chi connectivity index (χ3n) is 3.19. The molecule has 1 saturated heterocycles. The van der Waals surface area contributed by atoms with Crippen molar-refractivity contribution in [1.29, 1.82) is 0 Å². The highest BCUT2D eigenvalue weighted by molar-refractivity contribution is 5.32. The standard InChI is InChI=1S/C13H18FNO/c14-11(12-6-3-4-8-15-12)9-10-5-1-2-7-13(10)16/h1-2,5,7,11-12,15-16H,3-4,6,8-9H2. The first-order valence-electron chi connectivity index (χ1n) is 5.91. The minimum atomic E-state index is -0.909. The van der Waals surface area contributed by atoms with Crippen LogP contribution in [0.15, 0.2) is 24.3 Å². The molecule has 1 fully saturated rings. The summed E-state index contributed by atoms with van der Waals surface area (Å²) in [5, 5.41) is 12.8. The number of piperidine rings is 1. The smallest absolute Gasteiger partial charge is 0.119 e. The van der Waals surface area contributed by atoms with E-state index in [0.717, 1.165) is 25.8 Å². The second-order valence-electron chi connectivity index (χ2n) is 4.41. The third-order valence-corrected chi connectivity index (χ3v) is 3.19. The Bertz CT molecular complexity index is 336. The zero-order chi connectivity index (χ0) is 11.4. The minimum absolute atomic E-state index is 0.0478. The van der Waals surface area contributed by atoms with Gasteiger partial charge in [0.05, 0.1) is 0 Å². The second-order valence-corrected chi connectivity index (χ2v) is 4.41. The van der Waals surface area contributed by atoms with Gasteiger partial charge in [0, 0.05) is 12.5 Å². The Balaban J connectivity index is 1.96. The second kappa shape index (κ2) is 5.30. The molecule has 88 valence electrons. The van der Waals surface area contributed by atoms with Crippen molar-refractivity contribution in [3.63, 3.8) is 0 Å². The molecule has 1 aromatic rings. The summed E-state index contributed by atoms with van der Waals surface area (Å²) in [5.74, 6) is 0.195. The van der Waals surface area contributed by atoms with Crippen molar-refractivity contribution in [2.45, 2.75) is 37.9 Å². The van der Waals surface area contributed by atoms with Gasteiger partial charge in [-0.25, -0.2) is 4.39 Å². The lowest BCUT2D eigenvalue weighted by atomic mass is 9.96. The fourth-order valence-corrected chi connectivity index (χ4v) is 2.22. The lowest BCUT2D eigenvalue weighted by Gasteiger charge is -2.26. The van der Waals surface area contributed by atoms with E-state index in [2.05, 4.69) is 5.32 Å². The van der Waals surface area contributed by atoms with Crippen molar-refractivity contribution in [3.8, 4) is 5.75 Å². The Morgan fingerprint density at radius 1 is 1.38 bits per heavy atom. The Kier molecular flexibility index (Phi) is 3.78. The topological polar surface area (TPSA) is 32.3 Å². The Labute approximate surface area is 95.5 Å². The number of benzene rings is 1. The van der Waals surface area contributed by atoms with Crippen molar-refractivity contribution in [3.05, 3.63) is 29.8 Å². The first kappa shape index (κ1) is 11.4. The Morgan fingerprint density at radius 2 is 2.19 bits per heavy atom. The maximum absolute atomic E-state index is 14.0. The highest BCUT2D eigenvalue weighted by Crippen LogP contribution is 2.22. The molecule has 0 amide bonds. The molecule has 2 nitrogen and oxygen atoms in total. The predicted molar refractivity (Wildman–Crippen MR) is 62.3 cm³/mol. The summed E-state index contributed by atoms with van der Waals surface area (Å²) in [6.45, 7) is 0.909. The van der Waals surface area contributed by atoms with Crippen LogP contribution in [0.4, 0.5) is 4.39 Å². The van der Waals surface area contributed by atoms with Gasteiger partial charge >= 0.3 is 0 Å². The number of para-hydroxylation sites is 1. The van der Waals surface area contributed by atoms with Gasteiger partial charge in [0.2, 0.25) is 0 Å². The molecule has 0 bridgehead atoms. The summed E-state index contributed by atoms with van der Waals surface area (Å²) in [6, 6.07) is 6.93. The Morgan fingerprint density at radius 3 is 2.88 bits per heavy atom. The van der Waals surface area contributed by atoms with Gasteiger partial charge in [0.1, 0.15) is 11.9 Å². The SMILES string of the molecule is Oc1ccccc1CC(F)C1CCCCN1. The van der Waals surface area contributed by atoms with Crippen molar-refractivity contribution >= 4 is 0 Å². The van der Waals surface area contributed by atoms with Gasteiger partial charge in [-0.15, -0.1) is 0 Å². The van der Waals surface area contributed by atoms with Crippen LogP contribution in [0.3, 0.4) is 0 Å². The van der Waals surface area contributed by atoms with Gasteiger partial charge in [-0.3, -0.25) is 0 Å². The van der Waals surface area contributed by atoms with Crippen LogP contribution in [0.25, 0.3) is 0 Å². The molecule has 1 aliphatic rings. The molecule has 2 N–H and O–H groups in total. The van der Waals surface area contributed by atoms with Crippen molar-refractivity contribution in [2.24, 2.45) is 0 Å². The predicted octanol–water partition coefficient (Wildman–Crippen LogP) is 2.41. The molecule has 0 spiro atoms. The molecule has 1 aliphatic heterocycles. The van der Waals surface area contributed by atoms with E-state index in [4.69, 9.17) is 0 Å². The van der Waals surface area contributed by atoms with Crippen LogP contribution in [-0.2, 0) is 6.42 Å². The summed E-state index contributed by atoms with van der Waals surface area (Å²) in [6.07, 6.45) is 2.52.